The monoisotopic (exact) mass is 261 g/mol. The molecule has 0 aromatic carbocycles. The van der Waals surface area contributed by atoms with Crippen molar-refractivity contribution in [2.75, 3.05) is 11.6 Å². The number of hydrogen-bond donors (Lipinski definition) is 1. The SMILES string of the molecule is O=C(NC1(CCl)CCCC1)C1CCCCS1. The molecule has 1 N–H and O–H groups in total. The van der Waals surface area contributed by atoms with Gasteiger partial charge in [-0.25, -0.2) is 0 Å². The van der Waals surface area contributed by atoms with E-state index >= 15 is 0 Å². The van der Waals surface area contributed by atoms with Gasteiger partial charge in [-0.1, -0.05) is 19.3 Å². The summed E-state index contributed by atoms with van der Waals surface area (Å²) in [5.41, 5.74) is -0.0867. The zero-order valence-corrected chi connectivity index (χ0v) is 11.2. The number of halogens is 1. The molecule has 1 aliphatic carbocycles. The van der Waals surface area contributed by atoms with Crippen molar-refractivity contribution in [1.29, 1.82) is 0 Å². The van der Waals surface area contributed by atoms with E-state index in [0.29, 0.717) is 5.88 Å². The standard InChI is InChI=1S/C12H20ClNOS/c13-9-12(6-2-3-7-12)14-11(15)10-5-1-4-8-16-10/h10H,1-9H2,(H,14,15). The first-order valence-electron chi connectivity index (χ1n) is 6.25. The maximum atomic E-state index is 12.1. The van der Waals surface area contributed by atoms with Crippen molar-refractivity contribution in [1.82, 2.24) is 5.32 Å². The molecule has 0 spiro atoms. The Bertz CT molecular complexity index is 247. The normalized spacial score (nSPS) is 28.9. The van der Waals surface area contributed by atoms with Gasteiger partial charge in [-0.15, -0.1) is 23.4 Å². The highest BCUT2D eigenvalue weighted by molar-refractivity contribution is 8.00. The van der Waals surface area contributed by atoms with Gasteiger partial charge in [0.25, 0.3) is 0 Å². The summed E-state index contributed by atoms with van der Waals surface area (Å²) in [6.07, 6.45) is 8.00. The zero-order valence-electron chi connectivity index (χ0n) is 9.64. The number of alkyl halides is 1. The molecule has 4 heteroatoms. The van der Waals surface area contributed by atoms with Gasteiger partial charge in [0.05, 0.1) is 10.8 Å². The Kier molecular flexibility index (Phi) is 4.42. The molecule has 1 atom stereocenters. The molecular formula is C12H20ClNOS. The van der Waals surface area contributed by atoms with Gasteiger partial charge in [-0.3, -0.25) is 4.79 Å². The van der Waals surface area contributed by atoms with Crippen LogP contribution in [0.3, 0.4) is 0 Å². The fourth-order valence-electron chi connectivity index (χ4n) is 2.63. The average Bonchev–Trinajstić information content (AvgIpc) is 2.79. The topological polar surface area (TPSA) is 29.1 Å². The van der Waals surface area contributed by atoms with Crippen LogP contribution in [0, 0.1) is 0 Å². The predicted molar refractivity (Wildman–Crippen MR) is 70.2 cm³/mol. The van der Waals surface area contributed by atoms with Gasteiger partial charge in [0.2, 0.25) is 5.91 Å². The number of thioether (sulfide) groups is 1. The van der Waals surface area contributed by atoms with Crippen molar-refractivity contribution < 1.29 is 4.79 Å². The van der Waals surface area contributed by atoms with Crippen LogP contribution in [-0.2, 0) is 4.79 Å². The number of carbonyl (C=O) groups excluding carboxylic acids is 1. The van der Waals surface area contributed by atoms with E-state index in [2.05, 4.69) is 5.32 Å². The van der Waals surface area contributed by atoms with Gasteiger partial charge in [-0.2, -0.15) is 0 Å². The summed E-state index contributed by atoms with van der Waals surface area (Å²) < 4.78 is 0. The smallest absolute Gasteiger partial charge is 0.233 e. The third-order valence-electron chi connectivity index (χ3n) is 3.68. The highest BCUT2D eigenvalue weighted by atomic mass is 35.5. The minimum absolute atomic E-state index is 0.0867. The maximum absolute atomic E-state index is 12.1. The van der Waals surface area contributed by atoms with Crippen molar-refractivity contribution in [2.24, 2.45) is 0 Å². The Morgan fingerprint density at radius 1 is 1.31 bits per heavy atom. The number of amides is 1. The molecule has 0 bridgehead atoms. The van der Waals surface area contributed by atoms with E-state index < -0.39 is 0 Å². The quantitative estimate of drug-likeness (QED) is 0.792. The van der Waals surface area contributed by atoms with Crippen molar-refractivity contribution in [3.63, 3.8) is 0 Å². The molecule has 0 aromatic rings. The van der Waals surface area contributed by atoms with Crippen LogP contribution in [0.25, 0.3) is 0 Å². The van der Waals surface area contributed by atoms with Crippen molar-refractivity contribution in [2.45, 2.75) is 55.7 Å². The summed E-state index contributed by atoms with van der Waals surface area (Å²) >= 11 is 7.83. The molecule has 1 amide bonds. The van der Waals surface area contributed by atoms with Crippen LogP contribution in [0.1, 0.15) is 44.9 Å². The highest BCUT2D eigenvalue weighted by Crippen LogP contribution is 2.32. The van der Waals surface area contributed by atoms with Gasteiger partial charge < -0.3 is 5.32 Å². The lowest BCUT2D eigenvalue weighted by molar-refractivity contribution is -0.122. The third kappa shape index (κ3) is 2.86. The summed E-state index contributed by atoms with van der Waals surface area (Å²) in [6, 6.07) is 0. The molecule has 2 fully saturated rings. The maximum Gasteiger partial charge on any atom is 0.233 e. The lowest BCUT2D eigenvalue weighted by Gasteiger charge is -2.31. The molecule has 1 heterocycles. The van der Waals surface area contributed by atoms with Crippen LogP contribution < -0.4 is 5.32 Å². The second kappa shape index (κ2) is 5.63. The Balaban J connectivity index is 1.89. The third-order valence-corrected chi connectivity index (χ3v) is 5.57. The lowest BCUT2D eigenvalue weighted by Crippen LogP contribution is -2.51. The van der Waals surface area contributed by atoms with Gasteiger partial charge >= 0.3 is 0 Å². The van der Waals surface area contributed by atoms with E-state index in [1.807, 2.05) is 11.8 Å². The number of carbonyl (C=O) groups is 1. The molecule has 2 nitrogen and oxygen atoms in total. The lowest BCUT2D eigenvalue weighted by atomic mass is 10.00. The molecule has 92 valence electrons. The van der Waals surface area contributed by atoms with Gasteiger partial charge in [-0.05, 0) is 31.4 Å². The van der Waals surface area contributed by atoms with Gasteiger partial charge in [0.15, 0.2) is 0 Å². The molecule has 1 saturated carbocycles. The van der Waals surface area contributed by atoms with Crippen LogP contribution in [0.5, 0.6) is 0 Å². The van der Waals surface area contributed by atoms with Gasteiger partial charge in [0.1, 0.15) is 0 Å². The molecule has 2 rings (SSSR count). The van der Waals surface area contributed by atoms with E-state index in [9.17, 15) is 4.79 Å². The molecule has 0 radical (unpaired) electrons. The van der Waals surface area contributed by atoms with E-state index in [-0.39, 0.29) is 16.7 Å². The van der Waals surface area contributed by atoms with Gasteiger partial charge in [0, 0.05) is 5.88 Å². The number of rotatable bonds is 3. The van der Waals surface area contributed by atoms with Crippen LogP contribution in [-0.4, -0.2) is 28.3 Å². The fraction of sp³-hybridized carbons (Fsp3) is 0.917. The van der Waals surface area contributed by atoms with Crippen molar-refractivity contribution >= 4 is 29.3 Å². The molecule has 16 heavy (non-hydrogen) atoms. The summed E-state index contributed by atoms with van der Waals surface area (Å²) in [4.78, 5) is 12.1. The highest BCUT2D eigenvalue weighted by Gasteiger charge is 2.36. The Labute approximate surface area is 107 Å². The first-order valence-corrected chi connectivity index (χ1v) is 7.84. The number of nitrogens with one attached hydrogen (secondary N) is 1. The summed E-state index contributed by atoms with van der Waals surface area (Å²) in [6.45, 7) is 0. The second-order valence-corrected chi connectivity index (χ2v) is 6.54. The molecule has 1 saturated heterocycles. The number of hydrogen-bond acceptors (Lipinski definition) is 2. The Morgan fingerprint density at radius 3 is 2.62 bits per heavy atom. The van der Waals surface area contributed by atoms with Crippen LogP contribution in [0.4, 0.5) is 0 Å². The van der Waals surface area contributed by atoms with Crippen LogP contribution in [0.15, 0.2) is 0 Å². The predicted octanol–water partition coefficient (Wildman–Crippen LogP) is 2.94. The van der Waals surface area contributed by atoms with Crippen molar-refractivity contribution in [3.8, 4) is 0 Å². The Morgan fingerprint density at radius 2 is 2.06 bits per heavy atom. The fourth-order valence-corrected chi connectivity index (χ4v) is 4.17. The summed E-state index contributed by atoms with van der Waals surface area (Å²) in [7, 11) is 0. The minimum atomic E-state index is -0.0867. The summed E-state index contributed by atoms with van der Waals surface area (Å²) in [5.74, 6) is 1.93. The van der Waals surface area contributed by atoms with E-state index in [1.165, 1.54) is 25.7 Å². The minimum Gasteiger partial charge on any atom is -0.349 e. The van der Waals surface area contributed by atoms with E-state index in [4.69, 9.17) is 11.6 Å². The molecule has 0 aromatic heterocycles. The average molecular weight is 262 g/mol. The van der Waals surface area contributed by atoms with Crippen LogP contribution >= 0.6 is 23.4 Å². The molecular weight excluding hydrogens is 242 g/mol. The Hall–Kier alpha value is 0.110. The first-order chi connectivity index (χ1) is 7.76. The van der Waals surface area contributed by atoms with Crippen molar-refractivity contribution in [3.05, 3.63) is 0 Å². The first kappa shape index (κ1) is 12.6. The van der Waals surface area contributed by atoms with E-state index in [1.54, 1.807) is 0 Å². The van der Waals surface area contributed by atoms with Crippen LogP contribution in [0.2, 0.25) is 0 Å². The molecule has 1 aliphatic heterocycles. The molecule has 2 aliphatic rings. The summed E-state index contributed by atoms with van der Waals surface area (Å²) in [5, 5.41) is 3.40. The zero-order chi connectivity index (χ0) is 11.4. The molecule has 1 unspecified atom stereocenters. The second-order valence-electron chi connectivity index (χ2n) is 4.97. The van der Waals surface area contributed by atoms with E-state index in [0.717, 1.165) is 25.0 Å². The largest absolute Gasteiger partial charge is 0.349 e.